The molecule has 0 unspecified atom stereocenters. The van der Waals surface area contributed by atoms with Crippen LogP contribution in [0.4, 0.5) is 0 Å². The summed E-state index contributed by atoms with van der Waals surface area (Å²) in [6, 6.07) is 0. The lowest BCUT2D eigenvalue weighted by atomic mass is 9.88. The zero-order chi connectivity index (χ0) is 12.1. The minimum Gasteiger partial charge on any atom is -0.373 e. The Kier molecular flexibility index (Phi) is 4.94. The first-order valence-electron chi connectivity index (χ1n) is 5.96. The Morgan fingerprint density at radius 3 is 2.44 bits per heavy atom. The lowest BCUT2D eigenvalue weighted by Crippen LogP contribution is -2.20. The van der Waals surface area contributed by atoms with Crippen molar-refractivity contribution in [3.8, 4) is 0 Å². The maximum atomic E-state index is 11.4. The molecule has 2 nitrogen and oxygen atoms in total. The topological polar surface area (TPSA) is 26.3 Å². The van der Waals surface area contributed by atoms with Crippen molar-refractivity contribution in [2.45, 2.75) is 34.1 Å². The number of Topliss-reactive ketones (excluding diaryl/α,β-unsaturated/α-hetero) is 1. The molecule has 0 saturated heterocycles. The largest absolute Gasteiger partial charge is 0.373 e. The van der Waals surface area contributed by atoms with Gasteiger partial charge in [0, 0.05) is 11.8 Å². The fourth-order valence-electron chi connectivity index (χ4n) is 1.78. The molecule has 0 atom stereocenters. The van der Waals surface area contributed by atoms with Crippen molar-refractivity contribution < 1.29 is 9.53 Å². The predicted octanol–water partition coefficient (Wildman–Crippen LogP) is 3.14. The maximum Gasteiger partial charge on any atom is 0.160 e. The minimum atomic E-state index is 0.0691. The van der Waals surface area contributed by atoms with E-state index in [1.807, 2.05) is 13.8 Å². The number of hydrogen-bond donors (Lipinski definition) is 0. The molecule has 90 valence electrons. The summed E-state index contributed by atoms with van der Waals surface area (Å²) in [5.41, 5.74) is 2.72. The summed E-state index contributed by atoms with van der Waals surface area (Å²) in [5, 5.41) is 0. The van der Waals surface area contributed by atoms with Gasteiger partial charge in [-0.1, -0.05) is 37.1 Å². The Bertz CT molecular complexity index is 293. The van der Waals surface area contributed by atoms with Crippen LogP contribution in [0.2, 0.25) is 0 Å². The highest BCUT2D eigenvalue weighted by Crippen LogP contribution is 2.25. The molecule has 0 spiro atoms. The lowest BCUT2D eigenvalue weighted by Gasteiger charge is -2.22. The third-order valence-corrected chi connectivity index (χ3v) is 3.15. The summed E-state index contributed by atoms with van der Waals surface area (Å²) >= 11 is 0. The number of rotatable bonds is 5. The maximum absolute atomic E-state index is 11.4. The van der Waals surface area contributed by atoms with Crippen molar-refractivity contribution in [2.75, 3.05) is 13.2 Å². The molecule has 0 amide bonds. The average Bonchev–Trinajstić information content (AvgIpc) is 2.22. The standard InChI is InChI=1S/C14H22O2/c1-10(2)14(15)9-16-8-13-11(3)6-5-7-12(13)4/h6-7,10,13H,5,8-9H2,1-4H3. The molecule has 0 aliphatic heterocycles. The normalized spacial score (nSPS) is 17.3. The first-order valence-corrected chi connectivity index (χ1v) is 5.96. The Balaban J connectivity index is 2.37. The zero-order valence-corrected chi connectivity index (χ0v) is 10.7. The Morgan fingerprint density at radius 1 is 1.38 bits per heavy atom. The SMILES string of the molecule is CC1=CCC=C(C)C1COCC(=O)C(C)C. The molecule has 0 bridgehead atoms. The average molecular weight is 222 g/mol. The van der Waals surface area contributed by atoms with Crippen LogP contribution in [0.25, 0.3) is 0 Å². The van der Waals surface area contributed by atoms with Gasteiger partial charge in [0.25, 0.3) is 0 Å². The van der Waals surface area contributed by atoms with Crippen LogP contribution < -0.4 is 0 Å². The summed E-state index contributed by atoms with van der Waals surface area (Å²) in [6.45, 7) is 8.95. The minimum absolute atomic E-state index is 0.0691. The monoisotopic (exact) mass is 222 g/mol. The van der Waals surface area contributed by atoms with Gasteiger partial charge < -0.3 is 4.74 Å². The van der Waals surface area contributed by atoms with Crippen LogP contribution in [0, 0.1) is 11.8 Å². The number of allylic oxidation sites excluding steroid dienone is 2. The quantitative estimate of drug-likeness (QED) is 0.668. The van der Waals surface area contributed by atoms with Gasteiger partial charge >= 0.3 is 0 Å². The van der Waals surface area contributed by atoms with Crippen LogP contribution in [0.1, 0.15) is 34.1 Å². The second kappa shape index (κ2) is 6.00. The molecule has 0 saturated carbocycles. The molecule has 1 aliphatic carbocycles. The van der Waals surface area contributed by atoms with Gasteiger partial charge in [-0.2, -0.15) is 0 Å². The fourth-order valence-corrected chi connectivity index (χ4v) is 1.78. The van der Waals surface area contributed by atoms with Gasteiger partial charge in [0.2, 0.25) is 0 Å². The second-order valence-electron chi connectivity index (χ2n) is 4.82. The van der Waals surface area contributed by atoms with Crippen molar-refractivity contribution in [3.63, 3.8) is 0 Å². The third-order valence-electron chi connectivity index (χ3n) is 3.15. The molecular weight excluding hydrogens is 200 g/mol. The molecule has 2 heteroatoms. The van der Waals surface area contributed by atoms with Crippen molar-refractivity contribution in [1.29, 1.82) is 0 Å². The molecule has 0 aromatic rings. The van der Waals surface area contributed by atoms with Gasteiger partial charge in [-0.3, -0.25) is 4.79 Å². The molecule has 1 rings (SSSR count). The van der Waals surface area contributed by atoms with Crippen LogP contribution in [0.5, 0.6) is 0 Å². The zero-order valence-electron chi connectivity index (χ0n) is 10.7. The van der Waals surface area contributed by atoms with Gasteiger partial charge in [0.05, 0.1) is 6.61 Å². The molecule has 0 aromatic heterocycles. The first kappa shape index (κ1) is 13.2. The number of ketones is 1. The molecular formula is C14H22O2. The van der Waals surface area contributed by atoms with Crippen molar-refractivity contribution in [3.05, 3.63) is 23.3 Å². The van der Waals surface area contributed by atoms with Crippen LogP contribution >= 0.6 is 0 Å². The highest BCUT2D eigenvalue weighted by Gasteiger charge is 2.16. The number of hydrogen-bond acceptors (Lipinski definition) is 2. The van der Waals surface area contributed by atoms with E-state index in [9.17, 15) is 4.79 Å². The molecule has 0 aromatic carbocycles. The van der Waals surface area contributed by atoms with E-state index in [1.54, 1.807) is 0 Å². The fraction of sp³-hybridized carbons (Fsp3) is 0.643. The summed E-state index contributed by atoms with van der Waals surface area (Å²) in [7, 11) is 0. The Labute approximate surface area is 98.4 Å². The Morgan fingerprint density at radius 2 is 1.94 bits per heavy atom. The van der Waals surface area contributed by atoms with E-state index in [1.165, 1.54) is 11.1 Å². The van der Waals surface area contributed by atoms with E-state index < -0.39 is 0 Å². The van der Waals surface area contributed by atoms with Gasteiger partial charge in [-0.25, -0.2) is 0 Å². The van der Waals surface area contributed by atoms with E-state index in [4.69, 9.17) is 4.74 Å². The molecule has 16 heavy (non-hydrogen) atoms. The van der Waals surface area contributed by atoms with Gasteiger partial charge in [-0.15, -0.1) is 0 Å². The first-order chi connectivity index (χ1) is 7.52. The van der Waals surface area contributed by atoms with Gasteiger partial charge in [-0.05, 0) is 20.3 Å². The van der Waals surface area contributed by atoms with Crippen molar-refractivity contribution in [2.24, 2.45) is 11.8 Å². The highest BCUT2D eigenvalue weighted by molar-refractivity contribution is 5.81. The smallest absolute Gasteiger partial charge is 0.160 e. The summed E-state index contributed by atoms with van der Waals surface area (Å²) in [5.74, 6) is 0.618. The van der Waals surface area contributed by atoms with Gasteiger partial charge in [0.15, 0.2) is 5.78 Å². The van der Waals surface area contributed by atoms with E-state index in [0.29, 0.717) is 12.5 Å². The number of ether oxygens (including phenoxy) is 1. The second-order valence-corrected chi connectivity index (χ2v) is 4.82. The molecule has 0 radical (unpaired) electrons. The van der Waals surface area contributed by atoms with Gasteiger partial charge in [0.1, 0.15) is 6.61 Å². The lowest BCUT2D eigenvalue weighted by molar-refractivity contribution is -0.126. The third kappa shape index (κ3) is 3.60. The van der Waals surface area contributed by atoms with E-state index in [2.05, 4.69) is 26.0 Å². The van der Waals surface area contributed by atoms with E-state index in [0.717, 1.165) is 6.42 Å². The van der Waals surface area contributed by atoms with Crippen LogP contribution in [0.15, 0.2) is 23.3 Å². The number of carbonyl (C=O) groups excluding carboxylic acids is 1. The molecule has 1 aliphatic rings. The van der Waals surface area contributed by atoms with Crippen LogP contribution in [0.3, 0.4) is 0 Å². The van der Waals surface area contributed by atoms with E-state index >= 15 is 0 Å². The van der Waals surface area contributed by atoms with Crippen LogP contribution in [-0.4, -0.2) is 19.0 Å². The van der Waals surface area contributed by atoms with E-state index in [-0.39, 0.29) is 18.3 Å². The summed E-state index contributed by atoms with van der Waals surface area (Å²) in [4.78, 5) is 11.4. The highest BCUT2D eigenvalue weighted by atomic mass is 16.5. The summed E-state index contributed by atoms with van der Waals surface area (Å²) < 4.78 is 5.51. The number of carbonyl (C=O) groups is 1. The van der Waals surface area contributed by atoms with Crippen molar-refractivity contribution >= 4 is 5.78 Å². The predicted molar refractivity (Wildman–Crippen MR) is 66.3 cm³/mol. The molecule has 0 fully saturated rings. The van der Waals surface area contributed by atoms with Crippen LogP contribution in [-0.2, 0) is 9.53 Å². The van der Waals surface area contributed by atoms with Crippen molar-refractivity contribution in [1.82, 2.24) is 0 Å². The summed E-state index contributed by atoms with van der Waals surface area (Å²) in [6.07, 6.45) is 5.48. The Hall–Kier alpha value is -0.890. The molecule has 0 heterocycles. The molecule has 0 N–H and O–H groups in total.